The number of hydrogen-bond donors (Lipinski definition) is 0. The van der Waals surface area contributed by atoms with Gasteiger partial charge in [-0.1, -0.05) is 22.0 Å². The van der Waals surface area contributed by atoms with Crippen LogP contribution < -0.4 is 0 Å². The van der Waals surface area contributed by atoms with Gasteiger partial charge in [0.2, 0.25) is 0 Å². The fraction of sp³-hybridized carbons (Fsp3) is 0.312. The van der Waals surface area contributed by atoms with Crippen LogP contribution in [0.2, 0.25) is 0 Å². The first kappa shape index (κ1) is 14.0. The molecule has 0 unspecified atom stereocenters. The molecule has 0 bridgehead atoms. The fourth-order valence-electron chi connectivity index (χ4n) is 2.55. The summed E-state index contributed by atoms with van der Waals surface area (Å²) in [5.41, 5.74) is 1.78. The Morgan fingerprint density at radius 1 is 1.25 bits per heavy atom. The highest BCUT2D eigenvalue weighted by Gasteiger charge is 2.18. The van der Waals surface area contributed by atoms with Crippen LogP contribution in [0.3, 0.4) is 0 Å². The van der Waals surface area contributed by atoms with Crippen molar-refractivity contribution in [3.8, 4) is 0 Å². The molecule has 2 aromatic rings. The lowest BCUT2D eigenvalue weighted by molar-refractivity contribution is 0.0995. The highest BCUT2D eigenvalue weighted by atomic mass is 79.9. The summed E-state index contributed by atoms with van der Waals surface area (Å²) in [6, 6.07) is 6.86. The van der Waals surface area contributed by atoms with Gasteiger partial charge in [0.1, 0.15) is 5.82 Å². The average Bonchev–Trinajstić information content (AvgIpc) is 2.86. The Hall–Kier alpha value is -1.00. The van der Waals surface area contributed by atoms with Gasteiger partial charge in [0, 0.05) is 15.8 Å². The van der Waals surface area contributed by atoms with Crippen molar-refractivity contribution in [2.75, 3.05) is 0 Å². The largest absolute Gasteiger partial charge is 0.293 e. The number of hydrogen-bond acceptors (Lipinski definition) is 2. The Bertz CT molecular complexity index is 639. The smallest absolute Gasteiger partial charge is 0.177 e. The molecule has 1 aliphatic rings. The minimum absolute atomic E-state index is 0.0191. The summed E-state index contributed by atoms with van der Waals surface area (Å²) in [6.07, 6.45) is 4.71. The van der Waals surface area contributed by atoms with Crippen LogP contribution in [0.25, 0.3) is 0 Å². The Kier molecular flexibility index (Phi) is 4.03. The summed E-state index contributed by atoms with van der Waals surface area (Å²) in [6.45, 7) is 0. The van der Waals surface area contributed by atoms with Crippen molar-refractivity contribution in [1.29, 1.82) is 0 Å². The number of halogens is 2. The second kappa shape index (κ2) is 5.78. The minimum atomic E-state index is -0.325. The van der Waals surface area contributed by atoms with Gasteiger partial charge in [-0.15, -0.1) is 11.3 Å². The van der Waals surface area contributed by atoms with Crippen LogP contribution >= 0.6 is 27.3 Å². The molecule has 0 radical (unpaired) electrons. The van der Waals surface area contributed by atoms with Crippen LogP contribution in [0.1, 0.15) is 38.5 Å². The SMILES string of the molecule is O=C(Cc1ccc(Br)cc1F)c1cc2c(s1)CCCC2. The number of rotatable bonds is 3. The van der Waals surface area contributed by atoms with E-state index in [1.807, 2.05) is 6.07 Å². The normalized spacial score (nSPS) is 14.1. The Labute approximate surface area is 130 Å². The van der Waals surface area contributed by atoms with E-state index in [1.54, 1.807) is 23.5 Å². The van der Waals surface area contributed by atoms with Gasteiger partial charge in [-0.2, -0.15) is 0 Å². The second-order valence-electron chi connectivity index (χ2n) is 5.10. The zero-order chi connectivity index (χ0) is 14.1. The van der Waals surface area contributed by atoms with Gasteiger partial charge >= 0.3 is 0 Å². The molecule has 20 heavy (non-hydrogen) atoms. The second-order valence-corrected chi connectivity index (χ2v) is 7.15. The van der Waals surface area contributed by atoms with Crippen molar-refractivity contribution in [1.82, 2.24) is 0 Å². The van der Waals surface area contributed by atoms with Gasteiger partial charge in [0.15, 0.2) is 5.78 Å². The van der Waals surface area contributed by atoms with Gasteiger partial charge in [0.05, 0.1) is 4.88 Å². The summed E-state index contributed by atoms with van der Waals surface area (Å²) in [7, 11) is 0. The van der Waals surface area contributed by atoms with Crippen molar-refractivity contribution in [2.45, 2.75) is 32.1 Å². The van der Waals surface area contributed by atoms with E-state index < -0.39 is 0 Å². The molecule has 1 heterocycles. The number of aryl methyl sites for hydroxylation is 2. The zero-order valence-electron chi connectivity index (χ0n) is 10.9. The van der Waals surface area contributed by atoms with Crippen LogP contribution in [0, 0.1) is 5.82 Å². The van der Waals surface area contributed by atoms with Crippen molar-refractivity contribution in [3.05, 3.63) is 55.4 Å². The maximum atomic E-state index is 13.8. The topological polar surface area (TPSA) is 17.1 Å². The maximum absolute atomic E-state index is 13.8. The molecule has 1 aromatic heterocycles. The summed E-state index contributed by atoms with van der Waals surface area (Å²) in [5.74, 6) is -0.306. The fourth-order valence-corrected chi connectivity index (χ4v) is 4.08. The number of carbonyl (C=O) groups is 1. The number of carbonyl (C=O) groups excluding carboxylic acids is 1. The first-order valence-corrected chi connectivity index (χ1v) is 8.33. The number of thiophene rings is 1. The van der Waals surface area contributed by atoms with E-state index in [1.165, 1.54) is 29.3 Å². The van der Waals surface area contributed by atoms with Gasteiger partial charge in [-0.05, 0) is 55.0 Å². The summed E-state index contributed by atoms with van der Waals surface area (Å²) < 4.78 is 14.5. The molecule has 1 aliphatic carbocycles. The number of benzene rings is 1. The number of ketones is 1. The van der Waals surface area contributed by atoms with Gasteiger partial charge in [0.25, 0.3) is 0 Å². The van der Waals surface area contributed by atoms with E-state index >= 15 is 0 Å². The zero-order valence-corrected chi connectivity index (χ0v) is 13.3. The lowest BCUT2D eigenvalue weighted by Crippen LogP contribution is -2.03. The molecule has 1 nitrogen and oxygen atoms in total. The molecular formula is C16H14BrFOS. The van der Waals surface area contributed by atoms with Crippen molar-refractivity contribution in [3.63, 3.8) is 0 Å². The third kappa shape index (κ3) is 2.86. The summed E-state index contributed by atoms with van der Waals surface area (Å²) >= 11 is 4.81. The van der Waals surface area contributed by atoms with E-state index in [0.717, 1.165) is 17.7 Å². The monoisotopic (exact) mass is 352 g/mol. The first-order valence-electron chi connectivity index (χ1n) is 6.72. The molecule has 0 amide bonds. The average molecular weight is 353 g/mol. The van der Waals surface area contributed by atoms with Crippen LogP contribution in [0.15, 0.2) is 28.7 Å². The van der Waals surface area contributed by atoms with Crippen molar-refractivity contribution < 1.29 is 9.18 Å². The molecule has 104 valence electrons. The van der Waals surface area contributed by atoms with E-state index in [-0.39, 0.29) is 18.0 Å². The van der Waals surface area contributed by atoms with E-state index in [2.05, 4.69) is 15.9 Å². The molecule has 4 heteroatoms. The molecule has 0 aliphatic heterocycles. The molecule has 3 rings (SSSR count). The van der Waals surface area contributed by atoms with Gasteiger partial charge in [-0.3, -0.25) is 4.79 Å². The minimum Gasteiger partial charge on any atom is -0.293 e. The molecule has 0 atom stereocenters. The van der Waals surface area contributed by atoms with Crippen LogP contribution in [-0.4, -0.2) is 5.78 Å². The predicted molar refractivity (Wildman–Crippen MR) is 83.1 cm³/mol. The van der Waals surface area contributed by atoms with E-state index in [4.69, 9.17) is 0 Å². The van der Waals surface area contributed by atoms with E-state index in [9.17, 15) is 9.18 Å². The molecule has 0 saturated carbocycles. The third-order valence-electron chi connectivity index (χ3n) is 3.64. The third-order valence-corrected chi connectivity index (χ3v) is 5.41. The van der Waals surface area contributed by atoms with Crippen LogP contribution in [-0.2, 0) is 19.3 Å². The Morgan fingerprint density at radius 3 is 2.80 bits per heavy atom. The highest BCUT2D eigenvalue weighted by molar-refractivity contribution is 9.10. The Balaban J connectivity index is 1.80. The van der Waals surface area contributed by atoms with E-state index in [0.29, 0.717) is 10.0 Å². The maximum Gasteiger partial charge on any atom is 0.177 e. The quantitative estimate of drug-likeness (QED) is 0.714. The number of Topliss-reactive ketones (excluding diaryl/α,β-unsaturated/α-hetero) is 1. The molecule has 0 spiro atoms. The Morgan fingerprint density at radius 2 is 2.05 bits per heavy atom. The van der Waals surface area contributed by atoms with Gasteiger partial charge in [-0.25, -0.2) is 4.39 Å². The predicted octanol–water partition coefficient (Wildman–Crippen LogP) is 4.95. The molecule has 1 aromatic carbocycles. The lowest BCUT2D eigenvalue weighted by Gasteiger charge is -2.08. The van der Waals surface area contributed by atoms with Gasteiger partial charge < -0.3 is 0 Å². The molecular weight excluding hydrogens is 339 g/mol. The highest BCUT2D eigenvalue weighted by Crippen LogP contribution is 2.30. The number of fused-ring (bicyclic) bond motifs is 1. The first-order chi connectivity index (χ1) is 9.63. The van der Waals surface area contributed by atoms with Crippen LogP contribution in [0.4, 0.5) is 4.39 Å². The summed E-state index contributed by atoms with van der Waals surface area (Å²) in [5, 5.41) is 0. The lowest BCUT2D eigenvalue weighted by atomic mass is 9.98. The molecule has 0 fully saturated rings. The molecule has 0 saturated heterocycles. The summed E-state index contributed by atoms with van der Waals surface area (Å²) in [4.78, 5) is 14.4. The van der Waals surface area contributed by atoms with Crippen molar-refractivity contribution in [2.24, 2.45) is 0 Å². The molecule has 0 N–H and O–H groups in total. The van der Waals surface area contributed by atoms with Crippen molar-refractivity contribution >= 4 is 33.0 Å². The standard InChI is InChI=1S/C16H14BrFOS/c17-12-6-5-10(13(18)9-12)7-14(19)16-8-11-3-1-2-4-15(11)20-16/h5-6,8-9H,1-4,7H2. The van der Waals surface area contributed by atoms with Crippen LogP contribution in [0.5, 0.6) is 0 Å².